The Labute approximate surface area is 119 Å². The van der Waals surface area contributed by atoms with E-state index < -0.39 is 12.0 Å². The highest BCUT2D eigenvalue weighted by Gasteiger charge is 2.17. The summed E-state index contributed by atoms with van der Waals surface area (Å²) in [6.45, 7) is 1.74. The van der Waals surface area contributed by atoms with Gasteiger partial charge in [0.1, 0.15) is 6.04 Å². The number of nitrogens with zero attached hydrogens (tertiary/aromatic N) is 1. The Balaban J connectivity index is 2.46. The topological polar surface area (TPSA) is 69.6 Å². The summed E-state index contributed by atoms with van der Waals surface area (Å²) in [6, 6.07) is 7.17. The second kappa shape index (κ2) is 7.53. The van der Waals surface area contributed by atoms with Gasteiger partial charge < -0.3 is 15.3 Å². The van der Waals surface area contributed by atoms with Crippen LogP contribution in [0.4, 0.5) is 5.69 Å². The zero-order valence-electron chi connectivity index (χ0n) is 12.2. The van der Waals surface area contributed by atoms with E-state index in [0.717, 1.165) is 11.3 Å². The summed E-state index contributed by atoms with van der Waals surface area (Å²) < 4.78 is 0. The van der Waals surface area contributed by atoms with E-state index in [-0.39, 0.29) is 5.91 Å². The van der Waals surface area contributed by atoms with Crippen LogP contribution in [-0.4, -0.2) is 37.1 Å². The van der Waals surface area contributed by atoms with Crippen LogP contribution in [0.1, 0.15) is 25.3 Å². The number of nitrogens with one attached hydrogen (secondary N) is 1. The molecule has 1 atom stereocenters. The molecule has 1 amide bonds. The maximum Gasteiger partial charge on any atom is 0.326 e. The van der Waals surface area contributed by atoms with Crippen molar-refractivity contribution in [1.29, 1.82) is 0 Å². The molecule has 1 unspecified atom stereocenters. The molecule has 0 saturated carbocycles. The van der Waals surface area contributed by atoms with Gasteiger partial charge in [0.05, 0.1) is 0 Å². The van der Waals surface area contributed by atoms with Crippen molar-refractivity contribution in [3.05, 3.63) is 29.8 Å². The Kier molecular flexibility index (Phi) is 6.03. The Morgan fingerprint density at radius 2 is 1.85 bits per heavy atom. The molecule has 1 aromatic rings. The number of aryl methyl sites for hydroxylation is 1. The zero-order valence-corrected chi connectivity index (χ0v) is 12.2. The number of benzene rings is 1. The highest BCUT2D eigenvalue weighted by atomic mass is 16.4. The van der Waals surface area contributed by atoms with Crippen LogP contribution < -0.4 is 10.2 Å². The third-order valence-corrected chi connectivity index (χ3v) is 3.14. The van der Waals surface area contributed by atoms with Gasteiger partial charge in [0.25, 0.3) is 0 Å². The first-order valence-corrected chi connectivity index (χ1v) is 6.72. The van der Waals surface area contributed by atoms with Crippen LogP contribution >= 0.6 is 0 Å². The van der Waals surface area contributed by atoms with Gasteiger partial charge in [0.2, 0.25) is 5.91 Å². The largest absolute Gasteiger partial charge is 0.480 e. The predicted molar refractivity (Wildman–Crippen MR) is 78.9 cm³/mol. The minimum Gasteiger partial charge on any atom is -0.480 e. The number of anilines is 1. The highest BCUT2D eigenvalue weighted by molar-refractivity contribution is 5.83. The number of hydrogen-bond donors (Lipinski definition) is 2. The summed E-state index contributed by atoms with van der Waals surface area (Å²) in [6.07, 6.45) is 1.29. The number of rotatable bonds is 7. The van der Waals surface area contributed by atoms with E-state index in [1.807, 2.05) is 43.3 Å². The van der Waals surface area contributed by atoms with E-state index in [1.54, 1.807) is 6.92 Å². The molecule has 0 aliphatic heterocycles. The molecule has 20 heavy (non-hydrogen) atoms. The Hall–Kier alpha value is -2.04. The molecule has 5 nitrogen and oxygen atoms in total. The minimum atomic E-state index is -0.990. The summed E-state index contributed by atoms with van der Waals surface area (Å²) >= 11 is 0. The van der Waals surface area contributed by atoms with Crippen LogP contribution in [0.15, 0.2) is 24.3 Å². The lowest BCUT2D eigenvalue weighted by Crippen LogP contribution is -2.40. The Morgan fingerprint density at radius 1 is 1.25 bits per heavy atom. The van der Waals surface area contributed by atoms with E-state index in [9.17, 15) is 9.59 Å². The maximum atomic E-state index is 11.7. The van der Waals surface area contributed by atoms with Crippen molar-refractivity contribution in [2.24, 2.45) is 0 Å². The second-order valence-corrected chi connectivity index (χ2v) is 4.93. The molecular formula is C15H22N2O3. The smallest absolute Gasteiger partial charge is 0.326 e. The van der Waals surface area contributed by atoms with Gasteiger partial charge >= 0.3 is 5.97 Å². The van der Waals surface area contributed by atoms with Gasteiger partial charge in [-0.15, -0.1) is 0 Å². The van der Waals surface area contributed by atoms with E-state index in [0.29, 0.717) is 19.3 Å². The first-order valence-electron chi connectivity index (χ1n) is 6.72. The van der Waals surface area contributed by atoms with Crippen LogP contribution in [0.5, 0.6) is 0 Å². The Morgan fingerprint density at radius 3 is 2.30 bits per heavy atom. The molecule has 0 saturated heterocycles. The van der Waals surface area contributed by atoms with Gasteiger partial charge in [-0.25, -0.2) is 4.79 Å². The number of hydrogen-bond acceptors (Lipinski definition) is 3. The summed E-state index contributed by atoms with van der Waals surface area (Å²) in [4.78, 5) is 24.5. The zero-order chi connectivity index (χ0) is 15.1. The monoisotopic (exact) mass is 278 g/mol. The van der Waals surface area contributed by atoms with Crippen LogP contribution in [0, 0.1) is 0 Å². The molecule has 0 heterocycles. The van der Waals surface area contributed by atoms with Gasteiger partial charge in [-0.05, 0) is 30.5 Å². The van der Waals surface area contributed by atoms with Crippen LogP contribution in [-0.2, 0) is 16.0 Å². The van der Waals surface area contributed by atoms with Crippen molar-refractivity contribution < 1.29 is 14.7 Å². The normalized spacial score (nSPS) is 11.8. The van der Waals surface area contributed by atoms with Gasteiger partial charge in [0, 0.05) is 26.2 Å². The summed E-state index contributed by atoms with van der Waals surface area (Å²) in [5.74, 6) is -1.22. The molecule has 0 aromatic heterocycles. The molecule has 0 fully saturated rings. The van der Waals surface area contributed by atoms with Crippen LogP contribution in [0.3, 0.4) is 0 Å². The third kappa shape index (κ3) is 4.91. The van der Waals surface area contributed by atoms with E-state index in [4.69, 9.17) is 5.11 Å². The molecule has 0 spiro atoms. The first-order chi connectivity index (χ1) is 9.43. The van der Waals surface area contributed by atoms with Gasteiger partial charge in [0.15, 0.2) is 0 Å². The van der Waals surface area contributed by atoms with Gasteiger partial charge in [-0.2, -0.15) is 0 Å². The summed E-state index contributed by atoms with van der Waals surface area (Å²) in [5.41, 5.74) is 2.17. The van der Waals surface area contributed by atoms with Gasteiger partial charge in [-0.3, -0.25) is 4.79 Å². The van der Waals surface area contributed by atoms with Crippen LogP contribution in [0.25, 0.3) is 0 Å². The summed E-state index contributed by atoms with van der Waals surface area (Å²) in [5, 5.41) is 11.4. The Bertz CT molecular complexity index is 455. The van der Waals surface area contributed by atoms with Crippen molar-refractivity contribution >= 4 is 17.6 Å². The van der Waals surface area contributed by atoms with E-state index in [2.05, 4.69) is 5.32 Å². The molecule has 1 aromatic carbocycles. The fraction of sp³-hybridized carbons (Fsp3) is 0.467. The lowest BCUT2D eigenvalue weighted by Gasteiger charge is -2.13. The molecule has 0 radical (unpaired) electrons. The molecule has 1 rings (SSSR count). The average Bonchev–Trinajstić information content (AvgIpc) is 2.42. The molecular weight excluding hydrogens is 256 g/mol. The number of amides is 1. The molecule has 5 heteroatoms. The first kappa shape index (κ1) is 16.0. The minimum absolute atomic E-state index is 0.226. The van der Waals surface area contributed by atoms with Crippen molar-refractivity contribution in [2.45, 2.75) is 32.2 Å². The highest BCUT2D eigenvalue weighted by Crippen LogP contribution is 2.13. The summed E-state index contributed by atoms with van der Waals surface area (Å²) in [7, 11) is 3.94. The second-order valence-electron chi connectivity index (χ2n) is 4.93. The maximum absolute atomic E-state index is 11.7. The number of carbonyl (C=O) groups excluding carboxylic acids is 1. The van der Waals surface area contributed by atoms with Crippen molar-refractivity contribution in [1.82, 2.24) is 5.32 Å². The predicted octanol–water partition coefficient (Wildman–Crippen LogP) is 1.66. The molecule has 110 valence electrons. The number of aliphatic carboxylic acids is 1. The fourth-order valence-corrected chi connectivity index (χ4v) is 1.82. The molecule has 0 aliphatic rings. The lowest BCUT2D eigenvalue weighted by atomic mass is 10.1. The average molecular weight is 278 g/mol. The standard InChI is InChI=1S/C15H22N2O3/c1-4-13(15(19)20)16-14(18)10-7-11-5-8-12(9-6-11)17(2)3/h5-6,8-9,13H,4,7,10H2,1-3H3,(H,16,18)(H,19,20). The molecule has 0 aliphatic carbocycles. The lowest BCUT2D eigenvalue weighted by molar-refractivity contribution is -0.141. The third-order valence-electron chi connectivity index (χ3n) is 3.14. The van der Waals surface area contributed by atoms with Crippen molar-refractivity contribution in [2.75, 3.05) is 19.0 Å². The fourth-order valence-electron chi connectivity index (χ4n) is 1.82. The SMILES string of the molecule is CCC(NC(=O)CCc1ccc(N(C)C)cc1)C(=O)O. The van der Waals surface area contributed by atoms with Crippen molar-refractivity contribution in [3.63, 3.8) is 0 Å². The van der Waals surface area contributed by atoms with Gasteiger partial charge in [-0.1, -0.05) is 19.1 Å². The quantitative estimate of drug-likeness (QED) is 0.796. The number of carbonyl (C=O) groups is 2. The van der Waals surface area contributed by atoms with E-state index in [1.165, 1.54) is 0 Å². The molecule has 0 bridgehead atoms. The molecule has 2 N–H and O–H groups in total. The van der Waals surface area contributed by atoms with E-state index >= 15 is 0 Å². The van der Waals surface area contributed by atoms with Crippen LogP contribution in [0.2, 0.25) is 0 Å². The van der Waals surface area contributed by atoms with Crippen molar-refractivity contribution in [3.8, 4) is 0 Å². The number of carboxylic acid groups (broad SMARTS) is 1. The number of carboxylic acids is 1.